The number of pyridine rings is 1. The lowest BCUT2D eigenvalue weighted by molar-refractivity contribution is -0.135. The van der Waals surface area contributed by atoms with Gasteiger partial charge in [-0.3, -0.25) is 9.78 Å². The van der Waals surface area contributed by atoms with Crippen molar-refractivity contribution < 1.29 is 4.79 Å². The van der Waals surface area contributed by atoms with Crippen LogP contribution in [0.15, 0.2) is 55.0 Å². The normalized spacial score (nSPS) is 17.6. The molecule has 3 heterocycles. The van der Waals surface area contributed by atoms with E-state index in [1.807, 2.05) is 41.6 Å². The van der Waals surface area contributed by atoms with Crippen molar-refractivity contribution in [3.05, 3.63) is 65.6 Å². The summed E-state index contributed by atoms with van der Waals surface area (Å²) in [6, 6.07) is 12.1. The van der Waals surface area contributed by atoms with Crippen LogP contribution in [0.3, 0.4) is 0 Å². The average Bonchev–Trinajstić information content (AvgIpc) is 3.09. The van der Waals surface area contributed by atoms with Crippen molar-refractivity contribution in [2.24, 2.45) is 0 Å². The van der Waals surface area contributed by atoms with Crippen LogP contribution in [0.4, 0.5) is 0 Å². The number of aryl methyl sites for hydroxylation is 1. The van der Waals surface area contributed by atoms with Gasteiger partial charge < -0.3 is 9.47 Å². The fraction of sp³-hybridized carbons (Fsp3) is 0.333. The standard InChI is InChI=1S/C21H22ClN3O/c22-18-7-6-16-8-12-24(20(16)14-18)13-9-21(26)25-11-2-1-5-19(25)17-4-3-10-23-15-17/h3-4,6-8,10,12,14-15,19H,1-2,5,9,11,13H2/t19-/m0/s1. The minimum Gasteiger partial charge on any atom is -0.347 e. The number of carbonyl (C=O) groups is 1. The first-order chi connectivity index (χ1) is 12.7. The molecule has 1 amide bonds. The quantitative estimate of drug-likeness (QED) is 0.662. The maximum absolute atomic E-state index is 12.9. The average molecular weight is 368 g/mol. The number of benzene rings is 1. The highest BCUT2D eigenvalue weighted by atomic mass is 35.5. The van der Waals surface area contributed by atoms with Crippen LogP contribution in [0.2, 0.25) is 5.02 Å². The van der Waals surface area contributed by atoms with E-state index in [0.717, 1.165) is 47.3 Å². The van der Waals surface area contributed by atoms with Gasteiger partial charge in [-0.05, 0) is 54.5 Å². The third kappa shape index (κ3) is 3.47. The Balaban J connectivity index is 1.48. The molecule has 0 bridgehead atoms. The zero-order valence-corrected chi connectivity index (χ0v) is 15.4. The Morgan fingerprint density at radius 2 is 2.15 bits per heavy atom. The van der Waals surface area contributed by atoms with Crippen molar-refractivity contribution in [2.45, 2.75) is 38.3 Å². The highest BCUT2D eigenvalue weighted by Gasteiger charge is 2.27. The molecule has 1 saturated heterocycles. The molecule has 1 aliphatic heterocycles. The molecule has 26 heavy (non-hydrogen) atoms. The Morgan fingerprint density at radius 3 is 3.00 bits per heavy atom. The van der Waals surface area contributed by atoms with Crippen molar-refractivity contribution >= 4 is 28.4 Å². The zero-order chi connectivity index (χ0) is 17.9. The van der Waals surface area contributed by atoms with Crippen LogP contribution in [-0.4, -0.2) is 26.9 Å². The summed E-state index contributed by atoms with van der Waals surface area (Å²) in [7, 11) is 0. The first kappa shape index (κ1) is 17.1. The van der Waals surface area contributed by atoms with Crippen LogP contribution < -0.4 is 0 Å². The summed E-state index contributed by atoms with van der Waals surface area (Å²) in [5, 5.41) is 1.87. The van der Waals surface area contributed by atoms with E-state index in [1.54, 1.807) is 6.20 Å². The number of hydrogen-bond acceptors (Lipinski definition) is 2. The van der Waals surface area contributed by atoms with Gasteiger partial charge in [-0.2, -0.15) is 0 Å². The number of hydrogen-bond donors (Lipinski definition) is 0. The van der Waals surface area contributed by atoms with E-state index in [9.17, 15) is 4.79 Å². The number of likely N-dealkylation sites (tertiary alicyclic amines) is 1. The molecule has 0 spiro atoms. The van der Waals surface area contributed by atoms with Crippen molar-refractivity contribution in [3.63, 3.8) is 0 Å². The summed E-state index contributed by atoms with van der Waals surface area (Å²) in [5.41, 5.74) is 2.21. The zero-order valence-electron chi connectivity index (χ0n) is 14.6. The summed E-state index contributed by atoms with van der Waals surface area (Å²) < 4.78 is 2.11. The highest BCUT2D eigenvalue weighted by molar-refractivity contribution is 6.31. The third-order valence-corrected chi connectivity index (χ3v) is 5.43. The van der Waals surface area contributed by atoms with Gasteiger partial charge in [-0.15, -0.1) is 0 Å². The molecule has 0 unspecified atom stereocenters. The van der Waals surface area contributed by atoms with Gasteiger partial charge in [-0.25, -0.2) is 0 Å². The van der Waals surface area contributed by atoms with Crippen LogP contribution in [0.1, 0.15) is 37.3 Å². The molecule has 1 fully saturated rings. The monoisotopic (exact) mass is 367 g/mol. The lowest BCUT2D eigenvalue weighted by atomic mass is 9.96. The van der Waals surface area contributed by atoms with Gasteiger partial charge in [0.2, 0.25) is 5.91 Å². The molecule has 1 atom stereocenters. The Morgan fingerprint density at radius 1 is 1.23 bits per heavy atom. The second kappa shape index (κ2) is 7.50. The molecule has 2 aromatic heterocycles. The highest BCUT2D eigenvalue weighted by Crippen LogP contribution is 2.31. The number of rotatable bonds is 4. The van der Waals surface area contributed by atoms with E-state index in [1.165, 1.54) is 0 Å². The first-order valence-electron chi connectivity index (χ1n) is 9.16. The second-order valence-corrected chi connectivity index (χ2v) is 7.28. The second-order valence-electron chi connectivity index (χ2n) is 6.85. The Bertz CT molecular complexity index is 906. The van der Waals surface area contributed by atoms with Crippen molar-refractivity contribution in [3.8, 4) is 0 Å². The van der Waals surface area contributed by atoms with Gasteiger partial charge in [0.1, 0.15) is 0 Å². The molecule has 0 aliphatic carbocycles. The van der Waals surface area contributed by atoms with Crippen LogP contribution in [0, 0.1) is 0 Å². The van der Waals surface area contributed by atoms with Crippen molar-refractivity contribution in [1.82, 2.24) is 14.5 Å². The summed E-state index contributed by atoms with van der Waals surface area (Å²) in [6.07, 6.45) is 9.43. The maximum atomic E-state index is 12.9. The van der Waals surface area contributed by atoms with Crippen LogP contribution in [-0.2, 0) is 11.3 Å². The van der Waals surface area contributed by atoms with Gasteiger partial charge >= 0.3 is 0 Å². The molecule has 134 valence electrons. The molecule has 3 aromatic rings. The molecule has 5 heteroatoms. The van der Waals surface area contributed by atoms with Gasteiger partial charge in [0.15, 0.2) is 0 Å². The topological polar surface area (TPSA) is 38.1 Å². The number of aromatic nitrogens is 2. The fourth-order valence-corrected chi connectivity index (χ4v) is 4.03. The van der Waals surface area contributed by atoms with Crippen LogP contribution in [0.25, 0.3) is 10.9 Å². The molecular weight excluding hydrogens is 346 g/mol. The van der Waals surface area contributed by atoms with Crippen LogP contribution >= 0.6 is 11.6 Å². The van der Waals surface area contributed by atoms with E-state index in [2.05, 4.69) is 21.7 Å². The third-order valence-electron chi connectivity index (χ3n) is 5.19. The molecule has 4 nitrogen and oxygen atoms in total. The SMILES string of the molecule is O=C(CCn1ccc2ccc(Cl)cc21)N1CCCC[C@H]1c1cccnc1. The van der Waals surface area contributed by atoms with Gasteiger partial charge in [-0.1, -0.05) is 23.7 Å². The van der Waals surface area contributed by atoms with Gasteiger partial charge in [0.05, 0.1) is 6.04 Å². The predicted molar refractivity (Wildman–Crippen MR) is 104 cm³/mol. The van der Waals surface area contributed by atoms with E-state index in [0.29, 0.717) is 13.0 Å². The maximum Gasteiger partial charge on any atom is 0.224 e. The smallest absolute Gasteiger partial charge is 0.224 e. The van der Waals surface area contributed by atoms with Crippen LogP contribution in [0.5, 0.6) is 0 Å². The van der Waals surface area contributed by atoms with E-state index >= 15 is 0 Å². The predicted octanol–water partition coefficient (Wildman–Crippen LogP) is 4.83. The van der Waals surface area contributed by atoms with E-state index in [4.69, 9.17) is 11.6 Å². The van der Waals surface area contributed by atoms with Gasteiger partial charge in [0.25, 0.3) is 0 Å². The lowest BCUT2D eigenvalue weighted by Gasteiger charge is -2.36. The summed E-state index contributed by atoms with van der Waals surface area (Å²) in [6.45, 7) is 1.50. The number of fused-ring (bicyclic) bond motifs is 1. The number of halogens is 1. The minimum atomic E-state index is 0.154. The molecule has 0 N–H and O–H groups in total. The Labute approximate surface area is 158 Å². The number of nitrogens with zero attached hydrogens (tertiary/aromatic N) is 3. The Kier molecular flexibility index (Phi) is 4.93. The number of piperidine rings is 1. The van der Waals surface area contributed by atoms with Gasteiger partial charge in [0, 0.05) is 48.6 Å². The summed E-state index contributed by atoms with van der Waals surface area (Å²) in [4.78, 5) is 19.2. The minimum absolute atomic E-state index is 0.154. The molecule has 0 saturated carbocycles. The lowest BCUT2D eigenvalue weighted by Crippen LogP contribution is -2.38. The molecule has 0 radical (unpaired) electrons. The summed E-state index contributed by atoms with van der Waals surface area (Å²) in [5.74, 6) is 0.211. The van der Waals surface area contributed by atoms with E-state index in [-0.39, 0.29) is 11.9 Å². The van der Waals surface area contributed by atoms with Crippen molar-refractivity contribution in [2.75, 3.05) is 6.54 Å². The number of amides is 1. The molecule has 1 aromatic carbocycles. The molecule has 1 aliphatic rings. The molecule has 4 rings (SSSR count). The summed E-state index contributed by atoms with van der Waals surface area (Å²) >= 11 is 6.12. The number of carbonyl (C=O) groups excluding carboxylic acids is 1. The fourth-order valence-electron chi connectivity index (χ4n) is 3.86. The molecular formula is C21H22ClN3O. The Hall–Kier alpha value is -2.33. The largest absolute Gasteiger partial charge is 0.347 e. The van der Waals surface area contributed by atoms with E-state index < -0.39 is 0 Å². The first-order valence-corrected chi connectivity index (χ1v) is 9.54. The van der Waals surface area contributed by atoms with Crippen molar-refractivity contribution in [1.29, 1.82) is 0 Å².